The van der Waals surface area contributed by atoms with Gasteiger partial charge in [0.15, 0.2) is 5.75 Å². The highest BCUT2D eigenvalue weighted by Crippen LogP contribution is 2.46. The van der Waals surface area contributed by atoms with Crippen molar-refractivity contribution in [2.45, 2.75) is 13.0 Å². The topological polar surface area (TPSA) is 109 Å². The number of nitro benzene ring substituents is 1. The van der Waals surface area contributed by atoms with Gasteiger partial charge in [0.2, 0.25) is 11.5 Å². The number of hydrogen-bond acceptors (Lipinski definition) is 7. The fraction of sp³-hybridized carbons (Fsp3) is 0.500. The van der Waals surface area contributed by atoms with E-state index in [1.807, 2.05) is 0 Å². The number of nitrogens with zero attached hydrogens (tertiary/aromatic N) is 1. The molecule has 0 heterocycles. The highest BCUT2D eigenvalue weighted by atomic mass is 16.6. The first-order valence-electron chi connectivity index (χ1n) is 6.68. The molecule has 0 spiro atoms. The molecule has 0 aliphatic carbocycles. The minimum atomic E-state index is -0.698. The fourth-order valence-corrected chi connectivity index (χ4v) is 2.09. The van der Waals surface area contributed by atoms with E-state index < -0.39 is 16.5 Å². The number of amides is 1. The van der Waals surface area contributed by atoms with Crippen molar-refractivity contribution < 1.29 is 28.7 Å². The third kappa shape index (κ3) is 4.01. The number of hydrogen-bond donors (Lipinski definition) is 1. The van der Waals surface area contributed by atoms with Crippen LogP contribution in [0.2, 0.25) is 0 Å². The van der Waals surface area contributed by atoms with Crippen molar-refractivity contribution in [3.63, 3.8) is 0 Å². The number of nitro groups is 1. The zero-order chi connectivity index (χ0) is 17.6. The van der Waals surface area contributed by atoms with Gasteiger partial charge in [0.05, 0.1) is 32.9 Å². The lowest BCUT2D eigenvalue weighted by Gasteiger charge is -2.16. The van der Waals surface area contributed by atoms with Crippen LogP contribution >= 0.6 is 0 Å². The van der Waals surface area contributed by atoms with E-state index in [2.05, 4.69) is 5.32 Å². The van der Waals surface area contributed by atoms with Gasteiger partial charge in [0.25, 0.3) is 5.91 Å². The van der Waals surface area contributed by atoms with Gasteiger partial charge in [-0.15, -0.1) is 0 Å². The molecule has 1 aromatic carbocycles. The molecule has 0 bridgehead atoms. The Balaban J connectivity index is 3.45. The average Bonchev–Trinajstić information content (AvgIpc) is 2.52. The maximum Gasteiger partial charge on any atom is 0.327 e. The summed E-state index contributed by atoms with van der Waals surface area (Å²) in [6.07, 6.45) is 0. The summed E-state index contributed by atoms with van der Waals surface area (Å²) >= 11 is 0. The van der Waals surface area contributed by atoms with E-state index in [0.29, 0.717) is 0 Å². The molecule has 1 amide bonds. The number of nitrogens with one attached hydrogen (secondary N) is 1. The van der Waals surface area contributed by atoms with E-state index in [9.17, 15) is 14.9 Å². The number of rotatable bonds is 8. The molecule has 128 valence electrons. The van der Waals surface area contributed by atoms with Crippen molar-refractivity contribution in [2.24, 2.45) is 0 Å². The Morgan fingerprint density at radius 2 is 1.83 bits per heavy atom. The smallest absolute Gasteiger partial charge is 0.327 e. The van der Waals surface area contributed by atoms with Crippen molar-refractivity contribution >= 4 is 11.6 Å². The maximum atomic E-state index is 12.4. The van der Waals surface area contributed by atoms with Crippen LogP contribution in [0.25, 0.3) is 0 Å². The van der Waals surface area contributed by atoms with Gasteiger partial charge in [0.1, 0.15) is 5.56 Å². The largest absolute Gasteiger partial charge is 0.493 e. The fourth-order valence-electron chi connectivity index (χ4n) is 2.09. The summed E-state index contributed by atoms with van der Waals surface area (Å²) in [5.41, 5.74) is -0.681. The second kappa shape index (κ2) is 8.18. The number of benzene rings is 1. The van der Waals surface area contributed by atoms with Crippen molar-refractivity contribution in [1.29, 1.82) is 0 Å². The second-order valence-corrected chi connectivity index (χ2v) is 4.63. The molecule has 1 N–H and O–H groups in total. The summed E-state index contributed by atoms with van der Waals surface area (Å²) in [7, 11) is 5.42. The number of carbonyl (C=O) groups excluding carboxylic acids is 1. The molecule has 0 aliphatic heterocycles. The highest BCUT2D eigenvalue weighted by molar-refractivity contribution is 6.00. The molecular weight excluding hydrogens is 308 g/mol. The second-order valence-electron chi connectivity index (χ2n) is 4.63. The Bertz CT molecular complexity index is 589. The predicted octanol–water partition coefficient (Wildman–Crippen LogP) is 1.39. The zero-order valence-electron chi connectivity index (χ0n) is 13.7. The van der Waals surface area contributed by atoms with Gasteiger partial charge >= 0.3 is 5.69 Å². The minimum absolute atomic E-state index is 0.0446. The highest BCUT2D eigenvalue weighted by Gasteiger charge is 2.32. The summed E-state index contributed by atoms with van der Waals surface area (Å²) in [5.74, 6) is -0.621. The molecule has 1 atom stereocenters. The van der Waals surface area contributed by atoms with Crippen LogP contribution in [0.3, 0.4) is 0 Å². The van der Waals surface area contributed by atoms with Crippen molar-refractivity contribution in [3.8, 4) is 17.2 Å². The summed E-state index contributed by atoms with van der Waals surface area (Å²) < 4.78 is 20.2. The van der Waals surface area contributed by atoms with E-state index >= 15 is 0 Å². The molecule has 0 aliphatic rings. The number of methoxy groups -OCH3 is 4. The Morgan fingerprint density at radius 1 is 1.22 bits per heavy atom. The normalized spacial score (nSPS) is 11.5. The van der Waals surface area contributed by atoms with Crippen LogP contribution in [0.5, 0.6) is 17.2 Å². The van der Waals surface area contributed by atoms with Gasteiger partial charge in [-0.05, 0) is 6.92 Å². The zero-order valence-corrected chi connectivity index (χ0v) is 13.7. The van der Waals surface area contributed by atoms with Crippen LogP contribution in [0.15, 0.2) is 6.07 Å². The lowest BCUT2D eigenvalue weighted by Crippen LogP contribution is -2.36. The summed E-state index contributed by atoms with van der Waals surface area (Å²) in [6.45, 7) is 1.98. The average molecular weight is 328 g/mol. The van der Waals surface area contributed by atoms with E-state index in [4.69, 9.17) is 18.9 Å². The molecule has 9 nitrogen and oxygen atoms in total. The third-order valence-electron chi connectivity index (χ3n) is 3.03. The molecule has 0 radical (unpaired) electrons. The molecule has 1 aromatic rings. The van der Waals surface area contributed by atoms with Crippen LogP contribution < -0.4 is 19.5 Å². The van der Waals surface area contributed by atoms with Crippen LogP contribution in [0, 0.1) is 10.1 Å². The van der Waals surface area contributed by atoms with Crippen LogP contribution in [-0.4, -0.2) is 51.9 Å². The molecular formula is C14H20N2O7. The van der Waals surface area contributed by atoms with Crippen LogP contribution in [-0.2, 0) is 4.74 Å². The maximum absolute atomic E-state index is 12.4. The summed E-state index contributed by atoms with van der Waals surface area (Å²) in [5, 5.41) is 14.0. The van der Waals surface area contributed by atoms with Gasteiger partial charge < -0.3 is 24.3 Å². The van der Waals surface area contributed by atoms with E-state index in [-0.39, 0.29) is 35.5 Å². The molecule has 0 fully saturated rings. The van der Waals surface area contributed by atoms with Crippen molar-refractivity contribution in [3.05, 3.63) is 21.7 Å². The van der Waals surface area contributed by atoms with E-state index in [0.717, 1.165) is 0 Å². The molecule has 1 rings (SSSR count). The van der Waals surface area contributed by atoms with E-state index in [1.165, 1.54) is 34.5 Å². The number of ether oxygens (including phenoxy) is 4. The van der Waals surface area contributed by atoms with E-state index in [1.54, 1.807) is 6.92 Å². The lowest BCUT2D eigenvalue weighted by molar-refractivity contribution is -0.386. The van der Waals surface area contributed by atoms with Crippen molar-refractivity contribution in [2.75, 3.05) is 35.0 Å². The molecule has 1 unspecified atom stereocenters. The SMILES string of the molecule is COCC(C)NC(=O)c1cc(OC)c(OC)c(OC)c1[N+](=O)[O-]. The standard InChI is InChI=1S/C14H20N2O7/c1-8(7-20-2)15-14(17)9-6-10(21-3)12(22-4)13(23-5)11(9)16(18)19/h6,8H,7H2,1-5H3,(H,15,17). The lowest BCUT2D eigenvalue weighted by atomic mass is 10.1. The van der Waals surface area contributed by atoms with Crippen molar-refractivity contribution in [1.82, 2.24) is 5.32 Å². The minimum Gasteiger partial charge on any atom is -0.493 e. The Kier molecular flexibility index (Phi) is 6.58. The number of carbonyl (C=O) groups is 1. The molecule has 0 aromatic heterocycles. The molecule has 23 heavy (non-hydrogen) atoms. The molecule has 0 saturated heterocycles. The first-order chi connectivity index (χ1) is 10.9. The first-order valence-corrected chi connectivity index (χ1v) is 6.68. The first kappa shape index (κ1) is 18.5. The molecule has 0 saturated carbocycles. The van der Waals surface area contributed by atoms with Gasteiger partial charge in [-0.2, -0.15) is 0 Å². The van der Waals surface area contributed by atoms with Gasteiger partial charge in [-0.1, -0.05) is 0 Å². The summed E-state index contributed by atoms with van der Waals surface area (Å²) in [6, 6.07) is 0.917. The summed E-state index contributed by atoms with van der Waals surface area (Å²) in [4.78, 5) is 23.1. The Morgan fingerprint density at radius 3 is 2.26 bits per heavy atom. The predicted molar refractivity (Wildman–Crippen MR) is 81.6 cm³/mol. The third-order valence-corrected chi connectivity index (χ3v) is 3.03. The molecule has 9 heteroatoms. The van der Waals surface area contributed by atoms with Gasteiger partial charge in [-0.3, -0.25) is 14.9 Å². The Labute approximate surface area is 133 Å². The van der Waals surface area contributed by atoms with Gasteiger partial charge in [-0.25, -0.2) is 0 Å². The monoisotopic (exact) mass is 328 g/mol. The van der Waals surface area contributed by atoms with Crippen LogP contribution in [0.1, 0.15) is 17.3 Å². The van der Waals surface area contributed by atoms with Crippen LogP contribution in [0.4, 0.5) is 5.69 Å². The van der Waals surface area contributed by atoms with Gasteiger partial charge in [0, 0.05) is 19.2 Å². The quantitative estimate of drug-likeness (QED) is 0.567. The Hall–Kier alpha value is -2.55.